The second kappa shape index (κ2) is 7.09. The van der Waals surface area contributed by atoms with Gasteiger partial charge in [-0.1, -0.05) is 6.07 Å². The minimum Gasteiger partial charge on any atom is -0.481 e. The van der Waals surface area contributed by atoms with E-state index in [0.29, 0.717) is 12.4 Å². The van der Waals surface area contributed by atoms with Crippen LogP contribution < -0.4 is 10.1 Å². The van der Waals surface area contributed by atoms with Gasteiger partial charge in [-0.3, -0.25) is 0 Å². The first-order valence-electron chi connectivity index (χ1n) is 6.90. The van der Waals surface area contributed by atoms with Gasteiger partial charge in [-0.2, -0.15) is 0 Å². The van der Waals surface area contributed by atoms with E-state index in [1.807, 2.05) is 17.0 Å². The van der Waals surface area contributed by atoms with Gasteiger partial charge in [-0.05, 0) is 26.1 Å². The number of aromatic nitrogens is 1. The number of urea groups is 1. The van der Waals surface area contributed by atoms with Gasteiger partial charge in [0.05, 0.1) is 7.11 Å². The lowest BCUT2D eigenvalue weighted by Crippen LogP contribution is -2.41. The van der Waals surface area contributed by atoms with Gasteiger partial charge >= 0.3 is 6.03 Å². The molecule has 2 heterocycles. The molecule has 0 aromatic carbocycles. The molecule has 1 fully saturated rings. The van der Waals surface area contributed by atoms with Crippen LogP contribution in [0.3, 0.4) is 0 Å². The molecule has 0 bridgehead atoms. The van der Waals surface area contributed by atoms with E-state index in [-0.39, 0.29) is 6.03 Å². The average molecular weight is 278 g/mol. The molecule has 1 aliphatic rings. The maximum absolute atomic E-state index is 12.2. The topological polar surface area (TPSA) is 57.7 Å². The van der Waals surface area contributed by atoms with E-state index in [4.69, 9.17) is 4.74 Å². The molecule has 20 heavy (non-hydrogen) atoms. The molecule has 1 aromatic rings. The number of pyridine rings is 1. The molecular weight excluding hydrogens is 256 g/mol. The maximum Gasteiger partial charge on any atom is 0.317 e. The summed E-state index contributed by atoms with van der Waals surface area (Å²) in [6.45, 7) is 3.97. The molecule has 0 unspecified atom stereocenters. The number of ether oxygens (including phenoxy) is 1. The Hall–Kier alpha value is -1.82. The van der Waals surface area contributed by atoms with Crippen LogP contribution in [0.25, 0.3) is 0 Å². The molecular formula is C14H22N4O2. The number of carbonyl (C=O) groups excluding carboxylic acids is 1. The summed E-state index contributed by atoms with van der Waals surface area (Å²) in [7, 11) is 3.67. The van der Waals surface area contributed by atoms with Gasteiger partial charge in [0.1, 0.15) is 0 Å². The fourth-order valence-electron chi connectivity index (χ4n) is 2.27. The van der Waals surface area contributed by atoms with E-state index in [1.165, 1.54) is 0 Å². The minimum absolute atomic E-state index is 0.0220. The van der Waals surface area contributed by atoms with Crippen molar-refractivity contribution in [2.75, 3.05) is 40.3 Å². The molecule has 2 rings (SSSR count). The van der Waals surface area contributed by atoms with Crippen LogP contribution in [0.2, 0.25) is 0 Å². The summed E-state index contributed by atoms with van der Waals surface area (Å²) in [5, 5.41) is 2.93. The predicted octanol–water partition coefficient (Wildman–Crippen LogP) is 0.937. The van der Waals surface area contributed by atoms with Crippen molar-refractivity contribution in [3.05, 3.63) is 23.9 Å². The highest BCUT2D eigenvalue weighted by atomic mass is 16.5. The van der Waals surface area contributed by atoms with Gasteiger partial charge in [0, 0.05) is 37.9 Å². The number of hydrogen-bond donors (Lipinski definition) is 1. The third-order valence-corrected chi connectivity index (χ3v) is 3.48. The Kier molecular flexibility index (Phi) is 5.17. The number of carbonyl (C=O) groups is 1. The summed E-state index contributed by atoms with van der Waals surface area (Å²) in [5.74, 6) is 0.559. The second-order valence-electron chi connectivity index (χ2n) is 4.97. The molecule has 6 heteroatoms. The van der Waals surface area contributed by atoms with Crippen molar-refractivity contribution < 1.29 is 9.53 Å². The van der Waals surface area contributed by atoms with Crippen LogP contribution in [-0.2, 0) is 6.54 Å². The van der Waals surface area contributed by atoms with Gasteiger partial charge in [-0.25, -0.2) is 9.78 Å². The van der Waals surface area contributed by atoms with Crippen LogP contribution >= 0.6 is 0 Å². The molecule has 0 atom stereocenters. The zero-order valence-electron chi connectivity index (χ0n) is 12.1. The smallest absolute Gasteiger partial charge is 0.317 e. The van der Waals surface area contributed by atoms with Crippen LogP contribution in [0, 0.1) is 0 Å². The number of rotatable bonds is 3. The first-order valence-corrected chi connectivity index (χ1v) is 6.90. The van der Waals surface area contributed by atoms with E-state index in [2.05, 4.69) is 22.2 Å². The van der Waals surface area contributed by atoms with Crippen molar-refractivity contribution in [3.8, 4) is 5.88 Å². The lowest BCUT2D eigenvalue weighted by atomic mass is 10.2. The summed E-state index contributed by atoms with van der Waals surface area (Å²) >= 11 is 0. The Morgan fingerprint density at radius 1 is 1.40 bits per heavy atom. The predicted molar refractivity (Wildman–Crippen MR) is 76.7 cm³/mol. The molecule has 110 valence electrons. The first kappa shape index (κ1) is 14.6. The molecule has 0 spiro atoms. The number of amides is 2. The monoisotopic (exact) mass is 278 g/mol. The number of nitrogens with one attached hydrogen (secondary N) is 1. The van der Waals surface area contributed by atoms with Crippen molar-refractivity contribution in [3.63, 3.8) is 0 Å². The van der Waals surface area contributed by atoms with Crippen LogP contribution in [0.5, 0.6) is 5.88 Å². The highest BCUT2D eigenvalue weighted by Crippen LogP contribution is 2.13. The molecule has 6 nitrogen and oxygen atoms in total. The Morgan fingerprint density at radius 2 is 2.25 bits per heavy atom. The zero-order chi connectivity index (χ0) is 14.4. The van der Waals surface area contributed by atoms with E-state index in [0.717, 1.165) is 38.2 Å². The molecule has 2 amide bonds. The van der Waals surface area contributed by atoms with Crippen LogP contribution in [0.4, 0.5) is 4.79 Å². The van der Waals surface area contributed by atoms with Crippen molar-refractivity contribution in [2.24, 2.45) is 0 Å². The largest absolute Gasteiger partial charge is 0.481 e. The normalized spacial score (nSPS) is 16.6. The summed E-state index contributed by atoms with van der Waals surface area (Å²) in [4.78, 5) is 20.4. The summed E-state index contributed by atoms with van der Waals surface area (Å²) in [5.41, 5.74) is 0.885. The van der Waals surface area contributed by atoms with Crippen molar-refractivity contribution >= 4 is 6.03 Å². The van der Waals surface area contributed by atoms with Gasteiger partial charge in [0.25, 0.3) is 0 Å². The lowest BCUT2D eigenvalue weighted by Gasteiger charge is -2.21. The van der Waals surface area contributed by atoms with Gasteiger partial charge in [0.2, 0.25) is 5.88 Å². The highest BCUT2D eigenvalue weighted by Gasteiger charge is 2.17. The Balaban J connectivity index is 1.88. The van der Waals surface area contributed by atoms with Crippen LogP contribution in [0.15, 0.2) is 18.3 Å². The molecule has 1 saturated heterocycles. The second-order valence-corrected chi connectivity index (χ2v) is 4.97. The minimum atomic E-state index is -0.0220. The van der Waals surface area contributed by atoms with Gasteiger partial charge < -0.3 is 19.9 Å². The van der Waals surface area contributed by atoms with Crippen molar-refractivity contribution in [1.29, 1.82) is 0 Å². The van der Waals surface area contributed by atoms with Crippen LogP contribution in [-0.4, -0.2) is 61.2 Å². The third kappa shape index (κ3) is 3.84. The van der Waals surface area contributed by atoms with E-state index >= 15 is 0 Å². The molecule has 1 aliphatic heterocycles. The van der Waals surface area contributed by atoms with E-state index in [9.17, 15) is 4.79 Å². The molecule has 1 aromatic heterocycles. The number of likely N-dealkylation sites (N-methyl/N-ethyl adjacent to an activating group) is 1. The maximum atomic E-state index is 12.2. The zero-order valence-corrected chi connectivity index (χ0v) is 12.1. The molecule has 0 saturated carbocycles. The Bertz CT molecular complexity index is 453. The lowest BCUT2D eigenvalue weighted by molar-refractivity contribution is 0.199. The number of nitrogens with zero attached hydrogens (tertiary/aromatic N) is 3. The van der Waals surface area contributed by atoms with Crippen molar-refractivity contribution in [2.45, 2.75) is 13.0 Å². The molecule has 0 radical (unpaired) electrons. The highest BCUT2D eigenvalue weighted by molar-refractivity contribution is 5.74. The van der Waals surface area contributed by atoms with Crippen molar-refractivity contribution in [1.82, 2.24) is 20.1 Å². The Morgan fingerprint density at radius 3 is 3.05 bits per heavy atom. The fraction of sp³-hybridized carbons (Fsp3) is 0.571. The quantitative estimate of drug-likeness (QED) is 0.894. The van der Waals surface area contributed by atoms with E-state index in [1.54, 1.807) is 13.3 Å². The van der Waals surface area contributed by atoms with Gasteiger partial charge in [0.15, 0.2) is 0 Å². The SMILES string of the molecule is COc1ncccc1CNC(=O)N1CCCN(C)CC1. The fourth-order valence-corrected chi connectivity index (χ4v) is 2.27. The van der Waals surface area contributed by atoms with Crippen LogP contribution in [0.1, 0.15) is 12.0 Å². The average Bonchev–Trinajstić information content (AvgIpc) is 2.70. The number of hydrogen-bond acceptors (Lipinski definition) is 4. The summed E-state index contributed by atoms with van der Waals surface area (Å²) < 4.78 is 5.17. The van der Waals surface area contributed by atoms with Gasteiger partial charge in [-0.15, -0.1) is 0 Å². The summed E-state index contributed by atoms with van der Waals surface area (Å²) in [6.07, 6.45) is 2.69. The Labute approximate surface area is 119 Å². The molecule has 1 N–H and O–H groups in total. The standard InChI is InChI=1S/C14H22N4O2/c1-17-7-4-8-18(10-9-17)14(19)16-11-12-5-3-6-15-13(12)20-2/h3,5-6H,4,7-11H2,1-2H3,(H,16,19). The molecule has 0 aliphatic carbocycles. The van der Waals surface area contributed by atoms with E-state index < -0.39 is 0 Å². The summed E-state index contributed by atoms with van der Waals surface area (Å²) in [6, 6.07) is 3.72. The third-order valence-electron chi connectivity index (χ3n) is 3.48. The number of methoxy groups -OCH3 is 1. The first-order chi connectivity index (χ1) is 9.70.